The normalized spacial score (nSPS) is 23.2. The number of thioether (sulfide) groups is 1. The molecule has 0 saturated carbocycles. The van der Waals surface area contributed by atoms with E-state index in [4.69, 9.17) is 9.47 Å². The molecule has 2 aliphatic rings. The minimum atomic E-state index is -1.59. The van der Waals surface area contributed by atoms with Crippen molar-refractivity contribution in [1.29, 1.82) is 0 Å². The van der Waals surface area contributed by atoms with E-state index in [1.807, 2.05) is 56.3 Å². The number of hydrogen-bond donors (Lipinski definition) is 1. The SMILES string of the molecule is COc1ccccc1CC(=O)N[C@@]1(C(=O)OCc2ccccc2)N2C(=O)C[C@H]2SC1(C)C. The molecule has 0 unspecified atom stereocenters. The van der Waals surface area contributed by atoms with Gasteiger partial charge in [0.15, 0.2) is 0 Å². The van der Waals surface area contributed by atoms with Crippen LogP contribution in [0.2, 0.25) is 0 Å². The Bertz CT molecular complexity index is 1040. The average Bonchev–Trinajstić information content (AvgIpc) is 2.95. The molecule has 2 aliphatic heterocycles. The molecule has 1 N–H and O–H groups in total. The number of fused-ring (bicyclic) bond motifs is 1. The lowest BCUT2D eigenvalue weighted by Gasteiger charge is -2.47. The maximum absolute atomic E-state index is 13.5. The van der Waals surface area contributed by atoms with Gasteiger partial charge in [0, 0.05) is 5.56 Å². The molecule has 0 radical (unpaired) electrons. The highest BCUT2D eigenvalue weighted by Crippen LogP contribution is 2.56. The van der Waals surface area contributed by atoms with Crippen LogP contribution < -0.4 is 10.1 Å². The molecule has 0 spiro atoms. The van der Waals surface area contributed by atoms with Gasteiger partial charge in [0.05, 0.1) is 30.1 Å². The summed E-state index contributed by atoms with van der Waals surface area (Å²) in [6, 6.07) is 16.5. The van der Waals surface area contributed by atoms with E-state index in [1.54, 1.807) is 19.2 Å². The van der Waals surface area contributed by atoms with Crippen LogP contribution >= 0.6 is 11.8 Å². The number of carbonyl (C=O) groups is 3. The summed E-state index contributed by atoms with van der Waals surface area (Å²) in [5, 5.41) is 2.72. The first-order valence-electron chi connectivity index (χ1n) is 10.4. The Hall–Kier alpha value is -3.00. The second-order valence-corrected chi connectivity index (χ2v) is 10.2. The molecule has 2 aromatic rings. The summed E-state index contributed by atoms with van der Waals surface area (Å²) in [5.41, 5.74) is -0.0764. The summed E-state index contributed by atoms with van der Waals surface area (Å²) in [5.74, 6) is -0.619. The molecule has 2 amide bonds. The van der Waals surface area contributed by atoms with Crippen molar-refractivity contribution in [2.75, 3.05) is 7.11 Å². The summed E-state index contributed by atoms with van der Waals surface area (Å²) < 4.78 is 10.2. The molecule has 4 rings (SSSR count). The van der Waals surface area contributed by atoms with Crippen LogP contribution in [0.25, 0.3) is 0 Å². The third-order valence-electron chi connectivity index (χ3n) is 5.94. The lowest BCUT2D eigenvalue weighted by Crippen LogP contribution is -2.75. The molecule has 0 aromatic heterocycles. The van der Waals surface area contributed by atoms with Gasteiger partial charge >= 0.3 is 5.97 Å². The number of benzene rings is 2. The van der Waals surface area contributed by atoms with Crippen molar-refractivity contribution in [3.8, 4) is 5.75 Å². The lowest BCUT2D eigenvalue weighted by atomic mass is 9.89. The van der Waals surface area contributed by atoms with Crippen molar-refractivity contribution in [1.82, 2.24) is 10.2 Å². The Balaban J connectivity index is 1.61. The van der Waals surface area contributed by atoms with E-state index in [1.165, 1.54) is 16.7 Å². The van der Waals surface area contributed by atoms with Gasteiger partial charge in [0.2, 0.25) is 17.5 Å². The quantitative estimate of drug-likeness (QED) is 0.512. The molecule has 8 heteroatoms. The molecular weight excluding hydrogens is 428 g/mol. The first kappa shape index (κ1) is 22.2. The van der Waals surface area contributed by atoms with E-state index in [2.05, 4.69) is 5.32 Å². The first-order valence-corrected chi connectivity index (χ1v) is 11.3. The zero-order chi connectivity index (χ0) is 22.9. The Morgan fingerprint density at radius 2 is 1.81 bits per heavy atom. The Kier molecular flexibility index (Phi) is 5.90. The number of nitrogens with one attached hydrogen (secondary N) is 1. The van der Waals surface area contributed by atoms with Crippen LogP contribution in [0, 0.1) is 0 Å². The van der Waals surface area contributed by atoms with E-state index in [-0.39, 0.29) is 30.2 Å². The maximum Gasteiger partial charge on any atom is 0.355 e. The van der Waals surface area contributed by atoms with E-state index < -0.39 is 16.4 Å². The van der Waals surface area contributed by atoms with E-state index in [9.17, 15) is 14.4 Å². The van der Waals surface area contributed by atoms with Crippen LogP contribution in [0.5, 0.6) is 5.75 Å². The average molecular weight is 455 g/mol. The van der Waals surface area contributed by atoms with Crippen molar-refractivity contribution < 1.29 is 23.9 Å². The fourth-order valence-corrected chi connectivity index (χ4v) is 5.99. The van der Waals surface area contributed by atoms with Gasteiger partial charge in [-0.3, -0.25) is 14.5 Å². The highest BCUT2D eigenvalue weighted by atomic mass is 32.2. The summed E-state index contributed by atoms with van der Waals surface area (Å²) in [6.45, 7) is 3.77. The summed E-state index contributed by atoms with van der Waals surface area (Å²) >= 11 is 1.50. The second-order valence-electron chi connectivity index (χ2n) is 8.36. The van der Waals surface area contributed by atoms with Crippen LogP contribution in [0.4, 0.5) is 0 Å². The monoisotopic (exact) mass is 454 g/mol. The molecule has 7 nitrogen and oxygen atoms in total. The number of nitrogens with zero attached hydrogens (tertiary/aromatic N) is 1. The predicted molar refractivity (Wildman–Crippen MR) is 121 cm³/mol. The van der Waals surface area contributed by atoms with Crippen molar-refractivity contribution in [3.05, 3.63) is 65.7 Å². The topological polar surface area (TPSA) is 84.9 Å². The summed E-state index contributed by atoms with van der Waals surface area (Å²) in [6.07, 6.45) is 0.343. The fourth-order valence-electron chi connectivity index (χ4n) is 4.30. The van der Waals surface area contributed by atoms with Gasteiger partial charge in [-0.2, -0.15) is 0 Å². The molecule has 0 aliphatic carbocycles. The smallest absolute Gasteiger partial charge is 0.355 e. The summed E-state index contributed by atoms with van der Waals surface area (Å²) in [7, 11) is 1.54. The molecule has 32 heavy (non-hydrogen) atoms. The van der Waals surface area contributed by atoms with Crippen LogP contribution in [-0.2, 0) is 32.1 Å². The number of ether oxygens (including phenoxy) is 2. The number of rotatable bonds is 7. The number of carbonyl (C=O) groups excluding carboxylic acids is 3. The van der Waals surface area contributed by atoms with E-state index >= 15 is 0 Å². The van der Waals surface area contributed by atoms with Crippen molar-refractivity contribution >= 4 is 29.5 Å². The zero-order valence-electron chi connectivity index (χ0n) is 18.3. The van der Waals surface area contributed by atoms with Crippen LogP contribution in [0.15, 0.2) is 54.6 Å². The highest BCUT2D eigenvalue weighted by molar-refractivity contribution is 8.01. The number of amides is 2. The van der Waals surface area contributed by atoms with E-state index in [0.717, 1.165) is 5.56 Å². The van der Waals surface area contributed by atoms with Gasteiger partial charge in [-0.25, -0.2) is 4.79 Å². The number of β-lactam (4-membered cyclic amide) rings is 1. The lowest BCUT2D eigenvalue weighted by molar-refractivity contribution is -0.178. The van der Waals surface area contributed by atoms with Gasteiger partial charge in [-0.1, -0.05) is 48.5 Å². The molecule has 2 aromatic carbocycles. The minimum Gasteiger partial charge on any atom is -0.496 e. The van der Waals surface area contributed by atoms with Crippen molar-refractivity contribution in [2.45, 2.75) is 49.1 Å². The highest BCUT2D eigenvalue weighted by Gasteiger charge is 2.70. The number of para-hydroxylation sites is 1. The Labute approximate surface area is 191 Å². The van der Waals surface area contributed by atoms with Gasteiger partial charge in [0.25, 0.3) is 0 Å². The predicted octanol–water partition coefficient (Wildman–Crippen LogP) is 2.88. The van der Waals surface area contributed by atoms with Crippen LogP contribution in [0.3, 0.4) is 0 Å². The molecular formula is C24H26N2O5S. The second kappa shape index (κ2) is 8.50. The molecule has 2 saturated heterocycles. The third kappa shape index (κ3) is 3.72. The molecule has 2 atom stereocenters. The molecule has 0 bridgehead atoms. The van der Waals surface area contributed by atoms with Crippen LogP contribution in [-0.4, -0.2) is 45.6 Å². The fraction of sp³-hybridized carbons (Fsp3) is 0.375. The van der Waals surface area contributed by atoms with E-state index in [0.29, 0.717) is 17.7 Å². The number of esters is 1. The van der Waals surface area contributed by atoms with Gasteiger partial charge in [-0.05, 0) is 25.5 Å². The largest absolute Gasteiger partial charge is 0.496 e. The van der Waals surface area contributed by atoms with Gasteiger partial charge in [0.1, 0.15) is 12.4 Å². The van der Waals surface area contributed by atoms with Crippen molar-refractivity contribution in [2.24, 2.45) is 0 Å². The number of methoxy groups -OCH3 is 1. The Morgan fingerprint density at radius 3 is 2.50 bits per heavy atom. The summed E-state index contributed by atoms with van der Waals surface area (Å²) in [4.78, 5) is 40.7. The molecule has 168 valence electrons. The molecule has 2 fully saturated rings. The van der Waals surface area contributed by atoms with Gasteiger partial charge < -0.3 is 14.8 Å². The van der Waals surface area contributed by atoms with Crippen LogP contribution in [0.1, 0.15) is 31.4 Å². The first-order chi connectivity index (χ1) is 15.3. The Morgan fingerprint density at radius 1 is 1.12 bits per heavy atom. The number of hydrogen-bond acceptors (Lipinski definition) is 6. The zero-order valence-corrected chi connectivity index (χ0v) is 19.1. The maximum atomic E-state index is 13.5. The minimum absolute atomic E-state index is 0.00513. The van der Waals surface area contributed by atoms with Gasteiger partial charge in [-0.15, -0.1) is 11.8 Å². The standard InChI is InChI=1S/C24H26N2O5S/c1-23(2)24(26-20(28)14-21(26)32-23,22(29)31-15-16-9-5-4-6-10-16)25-19(27)13-17-11-7-8-12-18(17)30-3/h4-12,21H,13-15H2,1-3H3,(H,25,27)/t21-,24+/m1/s1. The molecule has 2 heterocycles. The third-order valence-corrected chi connectivity index (χ3v) is 7.48. The van der Waals surface area contributed by atoms with Crippen molar-refractivity contribution in [3.63, 3.8) is 0 Å².